The van der Waals surface area contributed by atoms with Crippen molar-refractivity contribution in [3.05, 3.63) is 95.6 Å². The molecular weight excluding hydrogens is 522 g/mol. The van der Waals surface area contributed by atoms with Gasteiger partial charge >= 0.3 is 0 Å². The Balaban J connectivity index is 2.00. The fourth-order valence-electron chi connectivity index (χ4n) is 4.29. The van der Waals surface area contributed by atoms with Gasteiger partial charge in [0.05, 0.1) is 10.6 Å². The summed E-state index contributed by atoms with van der Waals surface area (Å²) in [7, 11) is -4.08. The molecule has 0 aliphatic heterocycles. The van der Waals surface area contributed by atoms with Crippen LogP contribution in [0.5, 0.6) is 0 Å². The lowest BCUT2D eigenvalue weighted by molar-refractivity contribution is -0.139. The number of anilines is 1. The van der Waals surface area contributed by atoms with E-state index in [9.17, 15) is 18.0 Å². The van der Waals surface area contributed by atoms with Gasteiger partial charge in [0.1, 0.15) is 12.6 Å². The zero-order valence-corrected chi connectivity index (χ0v) is 24.9. The molecule has 3 aromatic rings. The number of sulfonamides is 1. The highest BCUT2D eigenvalue weighted by molar-refractivity contribution is 7.92. The maximum Gasteiger partial charge on any atom is 0.264 e. The maximum atomic E-state index is 14.0. The predicted octanol–water partition coefficient (Wildman–Crippen LogP) is 5.65. The second-order valence-corrected chi connectivity index (χ2v) is 12.3. The number of nitrogens with one attached hydrogen (secondary N) is 1. The van der Waals surface area contributed by atoms with Crippen LogP contribution in [0.25, 0.3) is 0 Å². The van der Waals surface area contributed by atoms with Gasteiger partial charge in [-0.25, -0.2) is 8.42 Å². The summed E-state index contributed by atoms with van der Waals surface area (Å²) in [4.78, 5) is 28.5. The molecular formula is C32H41N3O4S. The van der Waals surface area contributed by atoms with Gasteiger partial charge in [-0.05, 0) is 61.6 Å². The zero-order chi connectivity index (χ0) is 29.3. The Bertz CT molecular complexity index is 1360. The Kier molecular flexibility index (Phi) is 10.9. The minimum Gasteiger partial charge on any atom is -0.354 e. The summed E-state index contributed by atoms with van der Waals surface area (Å²) in [5.74, 6) is -0.469. The molecule has 0 spiro atoms. The monoisotopic (exact) mass is 563 g/mol. The summed E-state index contributed by atoms with van der Waals surface area (Å²) >= 11 is 0. The van der Waals surface area contributed by atoms with Crippen LogP contribution in [0.15, 0.2) is 83.8 Å². The normalized spacial score (nSPS) is 12.2. The summed E-state index contributed by atoms with van der Waals surface area (Å²) in [6, 6.07) is 22.4. The highest BCUT2D eigenvalue weighted by Crippen LogP contribution is 2.27. The largest absolute Gasteiger partial charge is 0.354 e. The molecule has 3 aromatic carbocycles. The van der Waals surface area contributed by atoms with Crippen molar-refractivity contribution in [3.63, 3.8) is 0 Å². The molecule has 7 nitrogen and oxygen atoms in total. The molecule has 1 N–H and O–H groups in total. The van der Waals surface area contributed by atoms with Gasteiger partial charge in [0.25, 0.3) is 10.0 Å². The highest BCUT2D eigenvalue weighted by Gasteiger charge is 2.32. The first-order chi connectivity index (χ1) is 19.0. The number of carbonyl (C=O) groups excluding carboxylic acids is 2. The van der Waals surface area contributed by atoms with Crippen molar-refractivity contribution in [2.45, 2.75) is 70.9 Å². The van der Waals surface area contributed by atoms with Crippen LogP contribution in [0.1, 0.15) is 63.1 Å². The SMILES string of the molecule is CCCCNC(=O)[C@@H](C)N(Cc1ccccc1)C(=O)CN(c1ccc(C(C)C)cc1)S(=O)(=O)c1ccc(C)cc1. The number of hydrogen-bond acceptors (Lipinski definition) is 4. The second kappa shape index (κ2) is 14.1. The standard InChI is InChI=1S/C32H41N3O4S/c1-6-7-21-33-32(37)26(5)34(22-27-11-9-8-10-12-27)31(36)23-35(29-17-15-28(16-18-29)24(2)3)40(38,39)30-19-13-25(4)14-20-30/h8-20,24,26H,6-7,21-23H2,1-5H3,(H,33,37)/t26-/m1/s1. The Morgan fingerprint density at radius 1 is 0.875 bits per heavy atom. The van der Waals surface area contributed by atoms with Gasteiger partial charge < -0.3 is 10.2 Å². The van der Waals surface area contributed by atoms with E-state index < -0.39 is 28.5 Å². The van der Waals surface area contributed by atoms with Crippen LogP contribution in [0.3, 0.4) is 0 Å². The first kappa shape index (κ1) is 30.9. The molecule has 0 aliphatic rings. The van der Waals surface area contributed by atoms with Gasteiger partial charge in [-0.2, -0.15) is 0 Å². The Labute approximate surface area is 239 Å². The number of unbranched alkanes of at least 4 members (excludes halogenated alkanes) is 1. The molecule has 1 atom stereocenters. The lowest BCUT2D eigenvalue weighted by atomic mass is 10.0. The van der Waals surface area contributed by atoms with Crippen LogP contribution in [0.2, 0.25) is 0 Å². The van der Waals surface area contributed by atoms with Gasteiger partial charge in [0.15, 0.2) is 0 Å². The van der Waals surface area contributed by atoms with Crippen LogP contribution in [-0.4, -0.2) is 44.3 Å². The zero-order valence-electron chi connectivity index (χ0n) is 24.1. The van der Waals surface area contributed by atoms with Crippen molar-refractivity contribution in [1.82, 2.24) is 10.2 Å². The lowest BCUT2D eigenvalue weighted by Gasteiger charge is -2.32. The van der Waals surface area contributed by atoms with Crippen molar-refractivity contribution < 1.29 is 18.0 Å². The average Bonchev–Trinajstić information content (AvgIpc) is 2.95. The number of amides is 2. The minimum atomic E-state index is -4.08. The third-order valence-electron chi connectivity index (χ3n) is 6.93. The van der Waals surface area contributed by atoms with E-state index in [1.807, 2.05) is 56.3 Å². The van der Waals surface area contributed by atoms with Gasteiger partial charge in [0.2, 0.25) is 11.8 Å². The summed E-state index contributed by atoms with van der Waals surface area (Å²) in [5, 5.41) is 2.90. The molecule has 0 saturated carbocycles. The third kappa shape index (κ3) is 7.94. The van der Waals surface area contributed by atoms with Crippen molar-refractivity contribution >= 4 is 27.5 Å². The molecule has 0 aliphatic carbocycles. The van der Waals surface area contributed by atoms with E-state index in [1.54, 1.807) is 43.3 Å². The fraction of sp³-hybridized carbons (Fsp3) is 0.375. The summed E-state index contributed by atoms with van der Waals surface area (Å²) < 4.78 is 29.0. The minimum absolute atomic E-state index is 0.0961. The van der Waals surface area contributed by atoms with E-state index in [4.69, 9.17) is 0 Å². The topological polar surface area (TPSA) is 86.8 Å². The molecule has 2 amide bonds. The molecule has 214 valence electrons. The molecule has 0 aromatic heterocycles. The van der Waals surface area contributed by atoms with E-state index in [1.165, 1.54) is 4.90 Å². The number of hydrogen-bond donors (Lipinski definition) is 1. The lowest BCUT2D eigenvalue weighted by Crippen LogP contribution is -2.51. The van der Waals surface area contributed by atoms with Crippen LogP contribution in [0.4, 0.5) is 5.69 Å². The molecule has 0 unspecified atom stereocenters. The second-order valence-electron chi connectivity index (χ2n) is 10.4. The first-order valence-electron chi connectivity index (χ1n) is 13.8. The number of benzene rings is 3. The van der Waals surface area contributed by atoms with Crippen molar-refractivity contribution in [2.75, 3.05) is 17.4 Å². The fourth-order valence-corrected chi connectivity index (χ4v) is 5.70. The van der Waals surface area contributed by atoms with Crippen molar-refractivity contribution in [2.24, 2.45) is 0 Å². The number of rotatable bonds is 13. The van der Waals surface area contributed by atoms with Crippen LogP contribution in [0, 0.1) is 6.92 Å². The summed E-state index contributed by atoms with van der Waals surface area (Å²) in [5.41, 5.74) is 3.22. The molecule has 0 fully saturated rings. The predicted molar refractivity (Wildman–Crippen MR) is 161 cm³/mol. The molecule has 3 rings (SSSR count). The van der Waals surface area contributed by atoms with Gasteiger partial charge in [-0.15, -0.1) is 0 Å². The van der Waals surface area contributed by atoms with E-state index in [0.29, 0.717) is 12.2 Å². The quantitative estimate of drug-likeness (QED) is 0.273. The number of carbonyl (C=O) groups is 2. The molecule has 0 heterocycles. The van der Waals surface area contributed by atoms with Gasteiger partial charge in [-0.1, -0.05) is 87.4 Å². The Morgan fingerprint density at radius 3 is 2.08 bits per heavy atom. The Morgan fingerprint density at radius 2 is 1.50 bits per heavy atom. The van der Waals surface area contributed by atoms with Gasteiger partial charge in [-0.3, -0.25) is 13.9 Å². The van der Waals surface area contributed by atoms with E-state index in [-0.39, 0.29) is 23.3 Å². The summed E-state index contributed by atoms with van der Waals surface area (Å²) in [6.07, 6.45) is 1.77. The first-order valence-corrected chi connectivity index (χ1v) is 15.3. The van der Waals surface area contributed by atoms with Crippen molar-refractivity contribution in [1.29, 1.82) is 0 Å². The van der Waals surface area contributed by atoms with Crippen LogP contribution >= 0.6 is 0 Å². The van der Waals surface area contributed by atoms with E-state index in [0.717, 1.165) is 33.8 Å². The molecule has 0 radical (unpaired) electrons. The van der Waals surface area contributed by atoms with Gasteiger partial charge in [0, 0.05) is 13.1 Å². The average molecular weight is 564 g/mol. The van der Waals surface area contributed by atoms with Crippen LogP contribution in [-0.2, 0) is 26.2 Å². The Hall–Kier alpha value is -3.65. The maximum absolute atomic E-state index is 14.0. The molecule has 0 bridgehead atoms. The smallest absolute Gasteiger partial charge is 0.264 e. The molecule has 8 heteroatoms. The van der Waals surface area contributed by atoms with E-state index >= 15 is 0 Å². The van der Waals surface area contributed by atoms with Crippen molar-refractivity contribution in [3.8, 4) is 0 Å². The van der Waals surface area contributed by atoms with Crippen LogP contribution < -0.4 is 9.62 Å². The third-order valence-corrected chi connectivity index (χ3v) is 8.72. The number of aryl methyl sites for hydroxylation is 1. The van der Waals surface area contributed by atoms with E-state index in [2.05, 4.69) is 19.2 Å². The molecule has 0 saturated heterocycles. The highest BCUT2D eigenvalue weighted by atomic mass is 32.2. The molecule has 40 heavy (non-hydrogen) atoms. The number of nitrogens with zero attached hydrogens (tertiary/aromatic N) is 2. The summed E-state index contributed by atoms with van der Waals surface area (Å²) in [6.45, 7) is 9.97.